The van der Waals surface area contributed by atoms with E-state index in [1.807, 2.05) is 24.3 Å². The van der Waals surface area contributed by atoms with E-state index >= 15 is 0 Å². The number of hydrogen-bond acceptors (Lipinski definition) is 8. The molecule has 4 unspecified atom stereocenters. The van der Waals surface area contributed by atoms with Crippen molar-refractivity contribution in [2.45, 2.75) is 62.7 Å². The van der Waals surface area contributed by atoms with Crippen molar-refractivity contribution in [3.8, 4) is 0 Å². The van der Waals surface area contributed by atoms with E-state index in [-0.39, 0.29) is 25.7 Å². The number of hydrogen-bond donors (Lipinski definition) is 9. The number of para-hydroxylation sites is 1. The second-order valence-corrected chi connectivity index (χ2v) is 9.16. The zero-order valence-corrected chi connectivity index (χ0v) is 21.5. The number of aliphatic hydroxyl groups is 1. The number of unbranched alkanes of at least 4 members (excludes halogenated alkanes) is 1. The molecular formula is C25H37N7O7. The molecule has 0 aliphatic carbocycles. The molecule has 1 aromatic heterocycles. The van der Waals surface area contributed by atoms with E-state index in [9.17, 15) is 34.2 Å². The Morgan fingerprint density at radius 2 is 1.54 bits per heavy atom. The molecule has 2 aromatic rings. The Balaban J connectivity index is 2.28. The molecule has 14 nitrogen and oxygen atoms in total. The molecule has 0 aliphatic heterocycles. The smallest absolute Gasteiger partial charge is 0.328 e. The summed E-state index contributed by atoms with van der Waals surface area (Å²) in [5, 5.41) is 26.7. The van der Waals surface area contributed by atoms with Gasteiger partial charge >= 0.3 is 5.97 Å². The van der Waals surface area contributed by atoms with Crippen LogP contribution in [0.2, 0.25) is 0 Å². The summed E-state index contributed by atoms with van der Waals surface area (Å²) in [6.45, 7) is -0.494. The average molecular weight is 548 g/mol. The van der Waals surface area contributed by atoms with Crippen LogP contribution >= 0.6 is 0 Å². The van der Waals surface area contributed by atoms with Gasteiger partial charge in [0.2, 0.25) is 23.6 Å². The minimum atomic E-state index is -1.56. The number of rotatable bonds is 17. The van der Waals surface area contributed by atoms with Gasteiger partial charge in [-0.15, -0.1) is 0 Å². The van der Waals surface area contributed by atoms with Gasteiger partial charge in [0.05, 0.1) is 12.6 Å². The number of benzene rings is 1. The van der Waals surface area contributed by atoms with Crippen LogP contribution in [0.1, 0.15) is 37.7 Å². The maximum Gasteiger partial charge on any atom is 0.328 e. The Labute approximate surface area is 225 Å². The van der Waals surface area contributed by atoms with E-state index < -0.39 is 60.4 Å². The van der Waals surface area contributed by atoms with Gasteiger partial charge < -0.3 is 48.3 Å². The average Bonchev–Trinajstić information content (AvgIpc) is 3.31. The third kappa shape index (κ3) is 9.67. The van der Waals surface area contributed by atoms with Crippen LogP contribution in [0, 0.1) is 0 Å². The number of amides is 4. The van der Waals surface area contributed by atoms with Gasteiger partial charge in [0.15, 0.2) is 0 Å². The van der Waals surface area contributed by atoms with Gasteiger partial charge in [0.25, 0.3) is 0 Å². The minimum absolute atomic E-state index is 0.0234. The minimum Gasteiger partial charge on any atom is -0.480 e. The highest BCUT2D eigenvalue weighted by Crippen LogP contribution is 2.19. The Bertz CT molecular complexity index is 1150. The van der Waals surface area contributed by atoms with Gasteiger partial charge in [-0.2, -0.15) is 0 Å². The zero-order chi connectivity index (χ0) is 28.9. The number of fused-ring (bicyclic) bond motifs is 1. The SMILES string of the molecule is NCCCCC(NC(=O)C(Cc1c[nH]c2ccccc12)NC(=O)C(N)CCC(N)=O)C(=O)NC(CO)C(=O)O. The van der Waals surface area contributed by atoms with Crippen molar-refractivity contribution in [2.75, 3.05) is 13.2 Å². The molecule has 0 fully saturated rings. The highest BCUT2D eigenvalue weighted by Gasteiger charge is 2.30. The number of aromatic amines is 1. The first-order chi connectivity index (χ1) is 18.6. The van der Waals surface area contributed by atoms with Crippen LogP contribution < -0.4 is 33.2 Å². The van der Waals surface area contributed by atoms with Crippen molar-refractivity contribution in [1.29, 1.82) is 0 Å². The highest BCUT2D eigenvalue weighted by molar-refractivity contribution is 5.95. The molecule has 1 aromatic carbocycles. The van der Waals surface area contributed by atoms with Gasteiger partial charge in [0, 0.05) is 29.9 Å². The number of nitrogens with two attached hydrogens (primary N) is 3. The zero-order valence-electron chi connectivity index (χ0n) is 21.5. The van der Waals surface area contributed by atoms with Gasteiger partial charge in [0.1, 0.15) is 18.1 Å². The Kier molecular flexibility index (Phi) is 12.3. The van der Waals surface area contributed by atoms with Crippen molar-refractivity contribution in [3.63, 3.8) is 0 Å². The van der Waals surface area contributed by atoms with Crippen LogP contribution in [0.3, 0.4) is 0 Å². The van der Waals surface area contributed by atoms with E-state index in [0.29, 0.717) is 24.9 Å². The Morgan fingerprint density at radius 1 is 0.897 bits per heavy atom. The number of H-pyrrole nitrogens is 1. The molecule has 14 heteroatoms. The molecule has 4 atom stereocenters. The maximum atomic E-state index is 13.4. The molecule has 2 rings (SSSR count). The maximum absolute atomic E-state index is 13.4. The molecule has 4 amide bonds. The lowest BCUT2D eigenvalue weighted by atomic mass is 10.0. The van der Waals surface area contributed by atoms with Crippen molar-refractivity contribution in [2.24, 2.45) is 17.2 Å². The normalized spacial score (nSPS) is 14.1. The standard InChI is InChI=1S/C25H37N7O7/c26-10-4-3-7-18(23(36)32-20(13-33)25(38)39)30-24(37)19(31-22(35)16(27)8-9-21(28)34)11-14-12-29-17-6-2-1-5-15(14)17/h1-2,5-6,12,16,18-20,29,33H,3-4,7-11,13,26-27H2,(H2,28,34)(H,30,37)(H,31,35)(H,32,36)(H,38,39). The second kappa shape index (κ2) is 15.4. The quantitative estimate of drug-likeness (QED) is 0.0987. The number of carbonyl (C=O) groups is 5. The fraction of sp³-hybridized carbons (Fsp3) is 0.480. The van der Waals surface area contributed by atoms with Crippen molar-refractivity contribution < 1.29 is 34.2 Å². The fourth-order valence-electron chi connectivity index (χ4n) is 3.93. The molecule has 0 aliphatic rings. The fourth-order valence-corrected chi connectivity index (χ4v) is 3.93. The predicted molar refractivity (Wildman–Crippen MR) is 142 cm³/mol. The van der Waals surface area contributed by atoms with Gasteiger partial charge in [-0.05, 0) is 43.9 Å². The Morgan fingerprint density at radius 3 is 2.18 bits per heavy atom. The van der Waals surface area contributed by atoms with E-state index in [1.165, 1.54) is 0 Å². The number of primary amides is 1. The third-order valence-electron chi connectivity index (χ3n) is 6.15. The summed E-state index contributed by atoms with van der Waals surface area (Å²) in [6.07, 6.45) is 2.73. The van der Waals surface area contributed by atoms with Gasteiger partial charge in [-0.1, -0.05) is 18.2 Å². The molecule has 12 N–H and O–H groups in total. The molecule has 0 spiro atoms. The van der Waals surface area contributed by atoms with Crippen LogP contribution in [-0.4, -0.2) is 82.1 Å². The summed E-state index contributed by atoms with van der Waals surface area (Å²) in [5.41, 5.74) is 18.1. The summed E-state index contributed by atoms with van der Waals surface area (Å²) >= 11 is 0. The molecule has 0 bridgehead atoms. The van der Waals surface area contributed by atoms with Crippen molar-refractivity contribution in [3.05, 3.63) is 36.0 Å². The van der Waals surface area contributed by atoms with E-state index in [0.717, 1.165) is 10.9 Å². The first-order valence-electron chi connectivity index (χ1n) is 12.6. The van der Waals surface area contributed by atoms with E-state index in [2.05, 4.69) is 20.9 Å². The largest absolute Gasteiger partial charge is 0.480 e. The highest BCUT2D eigenvalue weighted by atomic mass is 16.4. The molecule has 39 heavy (non-hydrogen) atoms. The van der Waals surface area contributed by atoms with Gasteiger partial charge in [-0.25, -0.2) is 4.79 Å². The summed E-state index contributed by atoms with van der Waals surface area (Å²) in [7, 11) is 0. The lowest BCUT2D eigenvalue weighted by molar-refractivity contribution is -0.143. The van der Waals surface area contributed by atoms with Gasteiger partial charge in [-0.3, -0.25) is 19.2 Å². The number of carbonyl (C=O) groups excluding carboxylic acids is 4. The molecular weight excluding hydrogens is 510 g/mol. The van der Waals surface area contributed by atoms with Crippen molar-refractivity contribution in [1.82, 2.24) is 20.9 Å². The third-order valence-corrected chi connectivity index (χ3v) is 6.15. The number of aliphatic hydroxyl groups excluding tert-OH is 1. The molecule has 1 heterocycles. The lowest BCUT2D eigenvalue weighted by Crippen LogP contribution is -2.58. The van der Waals surface area contributed by atoms with Crippen LogP contribution in [-0.2, 0) is 30.4 Å². The monoisotopic (exact) mass is 547 g/mol. The van der Waals surface area contributed by atoms with Crippen LogP contribution in [0.4, 0.5) is 0 Å². The summed E-state index contributed by atoms with van der Waals surface area (Å²) in [5.74, 6) is -4.27. The first-order valence-corrected chi connectivity index (χ1v) is 12.6. The summed E-state index contributed by atoms with van der Waals surface area (Å²) in [4.78, 5) is 64.6. The predicted octanol–water partition coefficient (Wildman–Crippen LogP) is -2.04. The van der Waals surface area contributed by atoms with Crippen LogP contribution in [0.5, 0.6) is 0 Å². The van der Waals surface area contributed by atoms with E-state index in [4.69, 9.17) is 17.2 Å². The number of aromatic nitrogens is 1. The topological polar surface area (TPSA) is 256 Å². The molecule has 0 radical (unpaired) electrons. The van der Waals surface area contributed by atoms with E-state index in [1.54, 1.807) is 6.20 Å². The number of carboxylic acids is 1. The van der Waals surface area contributed by atoms with Crippen LogP contribution in [0.15, 0.2) is 30.5 Å². The van der Waals surface area contributed by atoms with Crippen molar-refractivity contribution >= 4 is 40.5 Å². The molecule has 214 valence electrons. The lowest BCUT2D eigenvalue weighted by Gasteiger charge is -2.25. The summed E-state index contributed by atoms with van der Waals surface area (Å²) in [6, 6.07) is 2.36. The first kappa shape index (κ1) is 31.2. The van der Waals surface area contributed by atoms with Crippen LogP contribution in [0.25, 0.3) is 10.9 Å². The molecule has 0 saturated carbocycles. The Hall–Kier alpha value is -4.01. The number of carboxylic acid groups (broad SMARTS) is 1. The molecule has 0 saturated heterocycles. The summed E-state index contributed by atoms with van der Waals surface area (Å²) < 4.78 is 0. The number of nitrogens with one attached hydrogen (secondary N) is 4. The second-order valence-electron chi connectivity index (χ2n) is 9.16. The number of aliphatic carboxylic acids is 1.